The van der Waals surface area contributed by atoms with Crippen LogP contribution in [0.1, 0.15) is 12.5 Å². The van der Waals surface area contributed by atoms with Gasteiger partial charge in [0.05, 0.1) is 16.2 Å². The number of para-hydroxylation sites is 1. The highest BCUT2D eigenvalue weighted by Gasteiger charge is 2.16. The molecule has 1 heterocycles. The first-order chi connectivity index (χ1) is 12.1. The summed E-state index contributed by atoms with van der Waals surface area (Å²) in [5.74, 6) is -0.0725. The Labute approximate surface area is 149 Å². The fourth-order valence-electron chi connectivity index (χ4n) is 2.46. The van der Waals surface area contributed by atoms with Crippen molar-refractivity contribution in [3.63, 3.8) is 0 Å². The molecule has 6 heteroatoms. The molecule has 128 valence electrons. The highest BCUT2D eigenvalue weighted by atomic mass is 32.2. The number of carbonyl (C=O) groups is 1. The number of hydrogen-bond acceptors (Lipinski definition) is 4. The molecule has 0 aliphatic rings. The number of amides is 1. The molecule has 1 unspecified atom stereocenters. The van der Waals surface area contributed by atoms with Crippen LogP contribution in [0.3, 0.4) is 0 Å². The van der Waals surface area contributed by atoms with Crippen LogP contribution in [-0.4, -0.2) is 27.7 Å². The van der Waals surface area contributed by atoms with E-state index in [4.69, 9.17) is 0 Å². The van der Waals surface area contributed by atoms with Crippen molar-refractivity contribution in [2.75, 3.05) is 6.54 Å². The van der Waals surface area contributed by atoms with Gasteiger partial charge in [-0.1, -0.05) is 54.2 Å². The standard InChI is InChI=1S/C19H19N3O2S/c1-13(17(23)20-12-11-14-7-3-2-4-8-14)25-19-21-16-10-6-5-9-15(16)18(24)22-19/h2-10,13H,11-12H2,1H3,(H,20,23)(H,21,22,24). The van der Waals surface area contributed by atoms with Gasteiger partial charge in [-0.15, -0.1) is 0 Å². The fraction of sp³-hybridized carbons (Fsp3) is 0.211. The van der Waals surface area contributed by atoms with Crippen LogP contribution in [0.2, 0.25) is 0 Å². The van der Waals surface area contributed by atoms with Gasteiger partial charge in [-0.2, -0.15) is 0 Å². The molecular weight excluding hydrogens is 334 g/mol. The monoisotopic (exact) mass is 353 g/mol. The van der Waals surface area contributed by atoms with Crippen LogP contribution < -0.4 is 10.9 Å². The summed E-state index contributed by atoms with van der Waals surface area (Å²) in [4.78, 5) is 31.5. The summed E-state index contributed by atoms with van der Waals surface area (Å²) in [6.07, 6.45) is 0.787. The molecule has 25 heavy (non-hydrogen) atoms. The number of rotatable bonds is 6. The Morgan fingerprint density at radius 2 is 1.88 bits per heavy atom. The molecule has 1 aromatic heterocycles. The Hall–Kier alpha value is -2.60. The molecule has 0 aliphatic heterocycles. The molecule has 1 atom stereocenters. The SMILES string of the molecule is CC(Sc1nc2ccccc2c(=O)[nH]1)C(=O)NCCc1ccccc1. The zero-order valence-electron chi connectivity index (χ0n) is 13.9. The number of thioether (sulfide) groups is 1. The summed E-state index contributed by atoms with van der Waals surface area (Å²) >= 11 is 1.25. The van der Waals surface area contributed by atoms with Crippen molar-refractivity contribution in [2.45, 2.75) is 23.8 Å². The van der Waals surface area contributed by atoms with Crippen LogP contribution in [0.15, 0.2) is 64.5 Å². The Morgan fingerprint density at radius 1 is 1.16 bits per heavy atom. The van der Waals surface area contributed by atoms with Gasteiger partial charge in [0.25, 0.3) is 5.56 Å². The second kappa shape index (κ2) is 7.98. The van der Waals surface area contributed by atoms with Crippen LogP contribution in [0.25, 0.3) is 10.9 Å². The van der Waals surface area contributed by atoms with E-state index in [0.717, 1.165) is 6.42 Å². The van der Waals surface area contributed by atoms with Crippen molar-refractivity contribution in [3.8, 4) is 0 Å². The van der Waals surface area contributed by atoms with E-state index in [1.165, 1.54) is 17.3 Å². The predicted octanol–water partition coefficient (Wildman–Crippen LogP) is 2.76. The highest BCUT2D eigenvalue weighted by molar-refractivity contribution is 8.00. The van der Waals surface area contributed by atoms with E-state index in [9.17, 15) is 9.59 Å². The van der Waals surface area contributed by atoms with Gasteiger partial charge >= 0.3 is 0 Å². The maximum Gasteiger partial charge on any atom is 0.259 e. The second-order valence-corrected chi connectivity index (χ2v) is 7.00. The van der Waals surface area contributed by atoms with Crippen molar-refractivity contribution < 1.29 is 4.79 Å². The van der Waals surface area contributed by atoms with Crippen LogP contribution in [0.5, 0.6) is 0 Å². The minimum atomic E-state index is -0.347. The van der Waals surface area contributed by atoms with Crippen LogP contribution in [-0.2, 0) is 11.2 Å². The first-order valence-corrected chi connectivity index (χ1v) is 8.99. The number of aromatic amines is 1. The third kappa shape index (κ3) is 4.48. The van der Waals surface area contributed by atoms with E-state index < -0.39 is 0 Å². The van der Waals surface area contributed by atoms with Gasteiger partial charge in [-0.3, -0.25) is 9.59 Å². The average molecular weight is 353 g/mol. The summed E-state index contributed by atoms with van der Waals surface area (Å²) in [6, 6.07) is 17.2. The summed E-state index contributed by atoms with van der Waals surface area (Å²) in [5.41, 5.74) is 1.62. The summed E-state index contributed by atoms with van der Waals surface area (Å²) in [7, 11) is 0. The van der Waals surface area contributed by atoms with E-state index in [1.54, 1.807) is 25.1 Å². The zero-order valence-corrected chi connectivity index (χ0v) is 14.7. The first kappa shape index (κ1) is 17.2. The minimum absolute atomic E-state index is 0.0725. The minimum Gasteiger partial charge on any atom is -0.355 e. The lowest BCUT2D eigenvalue weighted by Crippen LogP contribution is -2.32. The highest BCUT2D eigenvalue weighted by Crippen LogP contribution is 2.20. The molecule has 0 saturated carbocycles. The van der Waals surface area contributed by atoms with Crippen molar-refractivity contribution in [2.24, 2.45) is 0 Å². The fourth-order valence-corrected chi connectivity index (χ4v) is 3.29. The van der Waals surface area contributed by atoms with Gasteiger partial charge in [-0.25, -0.2) is 4.98 Å². The molecule has 0 spiro atoms. The molecule has 5 nitrogen and oxygen atoms in total. The van der Waals surface area contributed by atoms with E-state index in [1.807, 2.05) is 36.4 Å². The van der Waals surface area contributed by atoms with Crippen molar-refractivity contribution in [3.05, 3.63) is 70.5 Å². The van der Waals surface area contributed by atoms with Gasteiger partial charge in [0, 0.05) is 6.54 Å². The second-order valence-electron chi connectivity index (χ2n) is 5.67. The third-order valence-electron chi connectivity index (χ3n) is 3.80. The third-order valence-corrected chi connectivity index (χ3v) is 4.79. The number of fused-ring (bicyclic) bond motifs is 1. The largest absolute Gasteiger partial charge is 0.355 e. The Bertz CT molecular complexity index is 925. The predicted molar refractivity (Wildman–Crippen MR) is 101 cm³/mol. The van der Waals surface area contributed by atoms with Crippen molar-refractivity contribution >= 4 is 28.6 Å². The van der Waals surface area contributed by atoms with E-state index in [0.29, 0.717) is 22.6 Å². The van der Waals surface area contributed by atoms with Crippen molar-refractivity contribution in [1.29, 1.82) is 0 Å². The molecule has 1 amide bonds. The molecule has 3 rings (SSSR count). The average Bonchev–Trinajstić information content (AvgIpc) is 2.62. The van der Waals surface area contributed by atoms with Gasteiger partial charge in [0.2, 0.25) is 5.91 Å². The van der Waals surface area contributed by atoms with E-state index in [-0.39, 0.29) is 16.7 Å². The molecule has 0 fully saturated rings. The van der Waals surface area contributed by atoms with E-state index >= 15 is 0 Å². The van der Waals surface area contributed by atoms with Crippen LogP contribution in [0, 0.1) is 0 Å². The topological polar surface area (TPSA) is 74.8 Å². The molecule has 2 aromatic carbocycles. The number of H-pyrrole nitrogens is 1. The van der Waals surface area contributed by atoms with Crippen molar-refractivity contribution in [1.82, 2.24) is 15.3 Å². The Kier molecular flexibility index (Phi) is 5.50. The maximum atomic E-state index is 12.2. The molecule has 0 saturated heterocycles. The lowest BCUT2D eigenvalue weighted by Gasteiger charge is -2.11. The lowest BCUT2D eigenvalue weighted by molar-refractivity contribution is -0.120. The lowest BCUT2D eigenvalue weighted by atomic mass is 10.1. The van der Waals surface area contributed by atoms with Gasteiger partial charge in [0.15, 0.2) is 5.16 Å². The molecule has 2 N–H and O–H groups in total. The van der Waals surface area contributed by atoms with E-state index in [2.05, 4.69) is 15.3 Å². The van der Waals surface area contributed by atoms with Crippen LogP contribution >= 0.6 is 11.8 Å². The number of nitrogens with zero attached hydrogens (tertiary/aromatic N) is 1. The molecule has 3 aromatic rings. The summed E-state index contributed by atoms with van der Waals surface area (Å²) in [5, 5.41) is 3.58. The van der Waals surface area contributed by atoms with Gasteiger partial charge in [0.1, 0.15) is 0 Å². The molecule has 0 aliphatic carbocycles. The zero-order chi connectivity index (χ0) is 17.6. The molecular formula is C19H19N3O2S. The smallest absolute Gasteiger partial charge is 0.259 e. The number of benzene rings is 2. The first-order valence-electron chi connectivity index (χ1n) is 8.11. The maximum absolute atomic E-state index is 12.2. The number of hydrogen-bond donors (Lipinski definition) is 2. The Balaban J connectivity index is 1.59. The number of nitrogens with one attached hydrogen (secondary N) is 2. The summed E-state index contributed by atoms with van der Waals surface area (Å²) in [6.45, 7) is 2.38. The summed E-state index contributed by atoms with van der Waals surface area (Å²) < 4.78 is 0. The number of aromatic nitrogens is 2. The van der Waals surface area contributed by atoms with Gasteiger partial charge in [-0.05, 0) is 31.0 Å². The molecule has 0 bridgehead atoms. The quantitative estimate of drug-likeness (QED) is 0.528. The van der Waals surface area contributed by atoms with Gasteiger partial charge < -0.3 is 10.3 Å². The normalized spacial score (nSPS) is 12.0. The number of carbonyl (C=O) groups excluding carboxylic acids is 1. The molecule has 0 radical (unpaired) electrons. The van der Waals surface area contributed by atoms with Crippen LogP contribution in [0.4, 0.5) is 0 Å². The Morgan fingerprint density at radius 3 is 2.68 bits per heavy atom.